The lowest BCUT2D eigenvalue weighted by Crippen LogP contribution is -2.52. The normalized spacial score (nSPS) is 13.0. The molecule has 0 unspecified atom stereocenters. The predicted octanol–water partition coefficient (Wildman–Crippen LogP) is 2.01. The molecule has 2 amide bonds. The number of hydrogen-bond acceptors (Lipinski definition) is 4. The fourth-order valence-corrected chi connectivity index (χ4v) is 2.77. The number of amides is 2. The number of rotatable bonds is 9. The summed E-state index contributed by atoms with van der Waals surface area (Å²) >= 11 is 6.06. The highest BCUT2D eigenvalue weighted by Gasteiger charge is 2.26. The number of halogens is 1. The van der Waals surface area contributed by atoms with Gasteiger partial charge in [0.25, 0.3) is 0 Å². The SMILES string of the molecule is COc1ccc(C[C@H](NC(=O)[C@H](CC(C)C)NC(C)=O)C(=O)O)cc1Cl. The maximum Gasteiger partial charge on any atom is 0.326 e. The molecule has 0 aliphatic rings. The van der Waals surface area contributed by atoms with Crippen LogP contribution in [0.3, 0.4) is 0 Å². The lowest BCUT2D eigenvalue weighted by molar-refractivity contribution is -0.142. The second kappa shape index (κ2) is 10.0. The molecule has 26 heavy (non-hydrogen) atoms. The van der Waals surface area contributed by atoms with Gasteiger partial charge in [0.2, 0.25) is 11.8 Å². The number of hydrogen-bond donors (Lipinski definition) is 3. The van der Waals surface area contributed by atoms with E-state index in [2.05, 4.69) is 10.6 Å². The largest absolute Gasteiger partial charge is 0.495 e. The summed E-state index contributed by atoms with van der Waals surface area (Å²) in [6, 6.07) is 3.00. The average molecular weight is 385 g/mol. The van der Waals surface area contributed by atoms with E-state index >= 15 is 0 Å². The zero-order valence-corrected chi connectivity index (χ0v) is 16.1. The molecular weight excluding hydrogens is 360 g/mol. The molecule has 1 rings (SSSR count). The topological polar surface area (TPSA) is 105 Å². The van der Waals surface area contributed by atoms with Crippen molar-refractivity contribution in [3.05, 3.63) is 28.8 Å². The van der Waals surface area contributed by atoms with Gasteiger partial charge in [-0.25, -0.2) is 4.79 Å². The van der Waals surface area contributed by atoms with Crippen LogP contribution in [0.5, 0.6) is 5.75 Å². The monoisotopic (exact) mass is 384 g/mol. The number of aliphatic carboxylic acids is 1. The number of carbonyl (C=O) groups excluding carboxylic acids is 2. The molecule has 2 atom stereocenters. The first-order chi connectivity index (χ1) is 12.1. The molecule has 0 aliphatic heterocycles. The number of methoxy groups -OCH3 is 1. The Hall–Kier alpha value is -2.28. The molecule has 0 aliphatic carbocycles. The molecule has 8 heteroatoms. The lowest BCUT2D eigenvalue weighted by atomic mass is 10.0. The summed E-state index contributed by atoms with van der Waals surface area (Å²) in [5, 5.41) is 14.9. The quantitative estimate of drug-likeness (QED) is 0.604. The van der Waals surface area contributed by atoms with Crippen LogP contribution in [0.15, 0.2) is 18.2 Å². The molecule has 0 heterocycles. The Morgan fingerprint density at radius 3 is 2.31 bits per heavy atom. The van der Waals surface area contributed by atoms with Crippen LogP contribution in [0, 0.1) is 5.92 Å². The Morgan fingerprint density at radius 1 is 1.19 bits per heavy atom. The standard InChI is InChI=1S/C18H25ClN2O5/c1-10(2)7-14(20-11(3)22)17(23)21-15(18(24)25)9-12-5-6-16(26-4)13(19)8-12/h5-6,8,10,14-15H,7,9H2,1-4H3,(H,20,22)(H,21,23)(H,24,25)/t14-,15-/m0/s1. The van der Waals surface area contributed by atoms with Crippen molar-refractivity contribution >= 4 is 29.4 Å². The number of nitrogens with one attached hydrogen (secondary N) is 2. The van der Waals surface area contributed by atoms with Gasteiger partial charge >= 0.3 is 5.97 Å². The van der Waals surface area contributed by atoms with Gasteiger partial charge in [0.1, 0.15) is 17.8 Å². The maximum absolute atomic E-state index is 12.5. The lowest BCUT2D eigenvalue weighted by Gasteiger charge is -2.22. The van der Waals surface area contributed by atoms with E-state index in [-0.39, 0.29) is 18.2 Å². The first kappa shape index (κ1) is 21.8. The van der Waals surface area contributed by atoms with Crippen molar-refractivity contribution in [2.75, 3.05) is 7.11 Å². The molecule has 0 saturated heterocycles. The van der Waals surface area contributed by atoms with Gasteiger partial charge in [-0.05, 0) is 30.0 Å². The van der Waals surface area contributed by atoms with Gasteiger partial charge in [-0.15, -0.1) is 0 Å². The molecule has 3 N–H and O–H groups in total. The molecule has 0 bridgehead atoms. The van der Waals surface area contributed by atoms with Gasteiger partial charge in [-0.3, -0.25) is 9.59 Å². The Balaban J connectivity index is 2.88. The molecular formula is C18H25ClN2O5. The van der Waals surface area contributed by atoms with E-state index in [0.717, 1.165) is 0 Å². The van der Waals surface area contributed by atoms with Crippen LogP contribution in [-0.4, -0.2) is 42.1 Å². The Kier molecular flexibility index (Phi) is 8.38. The molecule has 0 aromatic heterocycles. The zero-order chi connectivity index (χ0) is 19.9. The van der Waals surface area contributed by atoms with E-state index in [9.17, 15) is 19.5 Å². The Bertz CT molecular complexity index is 663. The van der Waals surface area contributed by atoms with Crippen LogP contribution in [0.25, 0.3) is 0 Å². The van der Waals surface area contributed by atoms with Crippen molar-refractivity contribution in [3.8, 4) is 5.75 Å². The molecule has 0 fully saturated rings. The number of ether oxygens (including phenoxy) is 1. The highest BCUT2D eigenvalue weighted by molar-refractivity contribution is 6.32. The number of carboxylic acids is 1. The first-order valence-corrected chi connectivity index (χ1v) is 8.64. The van der Waals surface area contributed by atoms with Gasteiger partial charge in [0, 0.05) is 13.3 Å². The third-order valence-corrected chi connectivity index (χ3v) is 3.97. The van der Waals surface area contributed by atoms with Crippen LogP contribution in [0.2, 0.25) is 5.02 Å². The van der Waals surface area contributed by atoms with Crippen molar-refractivity contribution in [1.29, 1.82) is 0 Å². The minimum atomic E-state index is -1.17. The van der Waals surface area contributed by atoms with Crippen molar-refractivity contribution in [2.45, 2.75) is 45.7 Å². The van der Waals surface area contributed by atoms with Gasteiger partial charge in [-0.1, -0.05) is 31.5 Å². The number of carbonyl (C=O) groups is 3. The van der Waals surface area contributed by atoms with Crippen LogP contribution in [0.1, 0.15) is 32.8 Å². The minimum Gasteiger partial charge on any atom is -0.495 e. The Labute approximate surface area is 158 Å². The second-order valence-corrected chi connectivity index (χ2v) is 6.86. The smallest absolute Gasteiger partial charge is 0.326 e. The molecule has 1 aromatic carbocycles. The average Bonchev–Trinajstić information content (AvgIpc) is 2.52. The van der Waals surface area contributed by atoms with Crippen molar-refractivity contribution in [2.24, 2.45) is 5.92 Å². The van der Waals surface area contributed by atoms with Crippen molar-refractivity contribution in [3.63, 3.8) is 0 Å². The van der Waals surface area contributed by atoms with E-state index < -0.39 is 24.0 Å². The van der Waals surface area contributed by atoms with Crippen LogP contribution in [-0.2, 0) is 20.8 Å². The molecule has 0 saturated carbocycles. The highest BCUT2D eigenvalue weighted by Crippen LogP contribution is 2.25. The molecule has 0 spiro atoms. The van der Waals surface area contributed by atoms with E-state index in [4.69, 9.17) is 16.3 Å². The second-order valence-electron chi connectivity index (χ2n) is 6.46. The first-order valence-electron chi connectivity index (χ1n) is 8.26. The summed E-state index contributed by atoms with van der Waals surface area (Å²) < 4.78 is 5.06. The van der Waals surface area contributed by atoms with Gasteiger partial charge in [-0.2, -0.15) is 0 Å². The molecule has 144 valence electrons. The molecule has 0 radical (unpaired) electrons. The van der Waals surface area contributed by atoms with E-state index in [1.54, 1.807) is 18.2 Å². The van der Waals surface area contributed by atoms with Crippen molar-refractivity contribution < 1.29 is 24.2 Å². The van der Waals surface area contributed by atoms with Crippen molar-refractivity contribution in [1.82, 2.24) is 10.6 Å². The summed E-state index contributed by atoms with van der Waals surface area (Å²) in [6.45, 7) is 5.14. The molecule has 7 nitrogen and oxygen atoms in total. The number of carboxylic acid groups (broad SMARTS) is 1. The van der Waals surface area contributed by atoms with Crippen LogP contribution >= 0.6 is 11.6 Å². The summed E-state index contributed by atoms with van der Waals surface area (Å²) in [5.41, 5.74) is 0.642. The van der Waals surface area contributed by atoms with E-state index in [1.807, 2.05) is 13.8 Å². The minimum absolute atomic E-state index is 0.0548. The summed E-state index contributed by atoms with van der Waals surface area (Å²) in [7, 11) is 1.48. The Morgan fingerprint density at radius 2 is 1.85 bits per heavy atom. The number of benzene rings is 1. The summed E-state index contributed by atoms with van der Waals surface area (Å²) in [5.74, 6) is -1.41. The maximum atomic E-state index is 12.5. The zero-order valence-electron chi connectivity index (χ0n) is 15.3. The fraction of sp³-hybridized carbons (Fsp3) is 0.500. The summed E-state index contributed by atoms with van der Waals surface area (Å²) in [6.07, 6.45) is 0.464. The van der Waals surface area contributed by atoms with E-state index in [0.29, 0.717) is 22.8 Å². The van der Waals surface area contributed by atoms with Crippen LogP contribution < -0.4 is 15.4 Å². The fourth-order valence-electron chi connectivity index (χ4n) is 2.49. The highest BCUT2D eigenvalue weighted by atomic mass is 35.5. The predicted molar refractivity (Wildman–Crippen MR) is 98.3 cm³/mol. The van der Waals surface area contributed by atoms with Gasteiger partial charge < -0.3 is 20.5 Å². The van der Waals surface area contributed by atoms with Gasteiger partial charge in [0.15, 0.2) is 0 Å². The molecule has 1 aromatic rings. The van der Waals surface area contributed by atoms with E-state index in [1.165, 1.54) is 14.0 Å². The van der Waals surface area contributed by atoms with Gasteiger partial charge in [0.05, 0.1) is 12.1 Å². The van der Waals surface area contributed by atoms with Crippen LogP contribution in [0.4, 0.5) is 0 Å². The summed E-state index contributed by atoms with van der Waals surface area (Å²) in [4.78, 5) is 35.3. The third-order valence-electron chi connectivity index (χ3n) is 3.67. The third kappa shape index (κ3) is 6.92.